The number of carbonyl (C=O) groups is 1. The van der Waals surface area contributed by atoms with Gasteiger partial charge in [-0.1, -0.05) is 11.3 Å². The fourth-order valence-corrected chi connectivity index (χ4v) is 7.00. The van der Waals surface area contributed by atoms with Gasteiger partial charge in [-0.25, -0.2) is 18.4 Å². The Balaban J connectivity index is 1.46. The van der Waals surface area contributed by atoms with Crippen LogP contribution in [0.1, 0.15) is 37.8 Å². The molecule has 222 valence electrons. The molecular weight excluding hydrogens is 561 g/mol. The first-order valence-corrected chi connectivity index (χ1v) is 15.1. The van der Waals surface area contributed by atoms with Gasteiger partial charge in [-0.15, -0.1) is 0 Å². The molecule has 5 heterocycles. The summed E-state index contributed by atoms with van der Waals surface area (Å²) in [5.41, 5.74) is -1.21. The van der Waals surface area contributed by atoms with Gasteiger partial charge < -0.3 is 14.4 Å². The molecular formula is C30H34FN5O5S. The predicted molar refractivity (Wildman–Crippen MR) is 157 cm³/mol. The van der Waals surface area contributed by atoms with Crippen molar-refractivity contribution in [3.63, 3.8) is 0 Å². The third-order valence-electron chi connectivity index (χ3n) is 8.18. The predicted octanol–water partition coefficient (Wildman–Crippen LogP) is 3.48. The molecule has 0 aliphatic carbocycles. The smallest absolute Gasteiger partial charge is 0.333 e. The van der Waals surface area contributed by atoms with E-state index in [-0.39, 0.29) is 18.9 Å². The number of hydrogen-bond acceptors (Lipinski definition) is 7. The standard InChI is InChI=1S/C30H34FN5O5S/c1-19-24-25(37)36(30(2,3)28(38)33-11-4-5-12-33)29(39)34(27(24)42-26(19)35-13-6-10-32-35)14-9-21-15-22(31)7-8-23(21)41-18-20-16-40-17-20/h6-8,10,13,15,20H,4-5,9,11-12,14,16-18H2,1-3H3. The second kappa shape index (κ2) is 11.1. The molecule has 0 N–H and O–H groups in total. The Morgan fingerprint density at radius 1 is 1.21 bits per heavy atom. The molecule has 0 atom stereocenters. The second-order valence-electron chi connectivity index (χ2n) is 11.5. The summed E-state index contributed by atoms with van der Waals surface area (Å²) in [7, 11) is 0. The quantitative estimate of drug-likeness (QED) is 0.294. The van der Waals surface area contributed by atoms with Gasteiger partial charge in [0.1, 0.15) is 26.9 Å². The van der Waals surface area contributed by atoms with Crippen LogP contribution in [0.25, 0.3) is 15.2 Å². The summed E-state index contributed by atoms with van der Waals surface area (Å²) in [5, 5.41) is 5.42. The number of fused-ring (bicyclic) bond motifs is 1. The van der Waals surface area contributed by atoms with Gasteiger partial charge in [-0.2, -0.15) is 5.10 Å². The zero-order valence-corrected chi connectivity index (χ0v) is 24.8. The van der Waals surface area contributed by atoms with E-state index < -0.39 is 22.6 Å². The number of thiophene rings is 1. The van der Waals surface area contributed by atoms with E-state index in [2.05, 4.69) is 5.10 Å². The van der Waals surface area contributed by atoms with E-state index in [4.69, 9.17) is 9.47 Å². The van der Waals surface area contributed by atoms with E-state index in [1.165, 1.54) is 28.0 Å². The average molecular weight is 596 g/mol. The van der Waals surface area contributed by atoms with Crippen LogP contribution in [0.3, 0.4) is 0 Å². The molecule has 2 fully saturated rings. The Morgan fingerprint density at radius 2 is 1.98 bits per heavy atom. The Labute approximate surface area is 245 Å². The van der Waals surface area contributed by atoms with Crippen LogP contribution in [-0.4, -0.2) is 62.6 Å². The van der Waals surface area contributed by atoms with Gasteiger partial charge in [0, 0.05) is 43.5 Å². The van der Waals surface area contributed by atoms with E-state index in [0.717, 1.165) is 17.4 Å². The molecule has 10 nitrogen and oxygen atoms in total. The number of amides is 1. The van der Waals surface area contributed by atoms with Crippen LogP contribution in [0, 0.1) is 18.7 Å². The van der Waals surface area contributed by atoms with E-state index >= 15 is 0 Å². The molecule has 1 amide bonds. The summed E-state index contributed by atoms with van der Waals surface area (Å²) in [4.78, 5) is 44.2. The molecule has 0 radical (unpaired) electrons. The van der Waals surface area contributed by atoms with Crippen molar-refractivity contribution in [1.29, 1.82) is 0 Å². The molecule has 12 heteroatoms. The first kappa shape index (κ1) is 28.4. The highest BCUT2D eigenvalue weighted by Gasteiger charge is 2.39. The normalized spacial score (nSPS) is 15.9. The maximum absolute atomic E-state index is 14.4. The zero-order valence-electron chi connectivity index (χ0n) is 24.0. The van der Waals surface area contributed by atoms with E-state index in [9.17, 15) is 18.8 Å². The Kier molecular flexibility index (Phi) is 7.52. The van der Waals surface area contributed by atoms with Gasteiger partial charge in [-0.3, -0.25) is 14.2 Å². The molecule has 2 saturated heterocycles. The number of hydrogen-bond donors (Lipinski definition) is 0. The number of nitrogens with zero attached hydrogens (tertiary/aromatic N) is 5. The highest BCUT2D eigenvalue weighted by atomic mass is 32.1. The van der Waals surface area contributed by atoms with E-state index in [0.29, 0.717) is 70.9 Å². The van der Waals surface area contributed by atoms with Crippen molar-refractivity contribution in [3.05, 3.63) is 74.4 Å². The van der Waals surface area contributed by atoms with Gasteiger partial charge in [0.2, 0.25) is 5.91 Å². The molecule has 0 bridgehead atoms. The summed E-state index contributed by atoms with van der Waals surface area (Å²) >= 11 is 1.29. The minimum atomic E-state index is -1.41. The van der Waals surface area contributed by atoms with Crippen molar-refractivity contribution in [2.24, 2.45) is 5.92 Å². The lowest BCUT2D eigenvalue weighted by atomic mass is 10.0. The number of ether oxygens (including phenoxy) is 2. The van der Waals surface area contributed by atoms with Crippen LogP contribution < -0.4 is 16.0 Å². The molecule has 2 aliphatic heterocycles. The van der Waals surface area contributed by atoms with E-state index in [1.54, 1.807) is 48.0 Å². The maximum atomic E-state index is 14.4. The number of benzene rings is 1. The molecule has 0 unspecified atom stereocenters. The fourth-order valence-electron chi connectivity index (χ4n) is 5.74. The Morgan fingerprint density at radius 3 is 2.64 bits per heavy atom. The first-order valence-electron chi connectivity index (χ1n) is 14.2. The monoisotopic (exact) mass is 595 g/mol. The van der Waals surface area contributed by atoms with Crippen molar-refractivity contribution in [1.82, 2.24) is 23.8 Å². The van der Waals surface area contributed by atoms with Crippen molar-refractivity contribution in [2.45, 2.75) is 52.1 Å². The fraction of sp³-hybridized carbons (Fsp3) is 0.467. The number of aryl methyl sites for hydroxylation is 3. The van der Waals surface area contributed by atoms with Crippen LogP contribution in [-0.2, 0) is 28.0 Å². The first-order chi connectivity index (χ1) is 20.2. The zero-order chi connectivity index (χ0) is 29.6. The number of likely N-dealkylation sites (tertiary alicyclic amines) is 1. The lowest BCUT2D eigenvalue weighted by Gasteiger charge is -2.31. The van der Waals surface area contributed by atoms with Gasteiger partial charge in [-0.05, 0) is 69.9 Å². The van der Waals surface area contributed by atoms with Gasteiger partial charge in [0.25, 0.3) is 5.56 Å². The third kappa shape index (κ3) is 4.96. The molecule has 0 saturated carbocycles. The summed E-state index contributed by atoms with van der Waals surface area (Å²) in [6.07, 6.45) is 5.48. The van der Waals surface area contributed by atoms with Gasteiger partial charge in [0.15, 0.2) is 0 Å². The highest BCUT2D eigenvalue weighted by molar-refractivity contribution is 7.21. The minimum Gasteiger partial charge on any atom is -0.493 e. The topological polar surface area (TPSA) is 101 Å². The largest absolute Gasteiger partial charge is 0.493 e. The summed E-state index contributed by atoms with van der Waals surface area (Å²) in [6, 6.07) is 6.16. The van der Waals surface area contributed by atoms with Crippen molar-refractivity contribution < 1.29 is 18.7 Å². The highest BCUT2D eigenvalue weighted by Crippen LogP contribution is 2.32. The molecule has 42 heavy (non-hydrogen) atoms. The average Bonchev–Trinajstić information content (AvgIpc) is 3.70. The van der Waals surface area contributed by atoms with Crippen molar-refractivity contribution in [3.8, 4) is 10.8 Å². The minimum absolute atomic E-state index is 0.147. The van der Waals surface area contributed by atoms with Crippen LogP contribution in [0.15, 0.2) is 46.2 Å². The molecule has 1 aromatic carbocycles. The maximum Gasteiger partial charge on any atom is 0.333 e. The summed E-state index contributed by atoms with van der Waals surface area (Å²) < 4.78 is 29.9. The molecule has 0 spiro atoms. The summed E-state index contributed by atoms with van der Waals surface area (Å²) in [5.74, 6) is 0.173. The van der Waals surface area contributed by atoms with Crippen molar-refractivity contribution in [2.75, 3.05) is 32.9 Å². The van der Waals surface area contributed by atoms with Crippen LogP contribution >= 0.6 is 11.3 Å². The van der Waals surface area contributed by atoms with Gasteiger partial charge >= 0.3 is 5.69 Å². The van der Waals surface area contributed by atoms with Gasteiger partial charge in [0.05, 0.1) is 25.2 Å². The molecule has 4 aromatic rings. The van der Waals surface area contributed by atoms with E-state index in [1.807, 2.05) is 6.92 Å². The van der Waals surface area contributed by atoms with Crippen LogP contribution in [0.2, 0.25) is 0 Å². The van der Waals surface area contributed by atoms with Crippen molar-refractivity contribution >= 4 is 27.5 Å². The molecule has 2 aliphatic rings. The SMILES string of the molecule is Cc1c(-n2cccn2)sc2c1c(=O)n(C(C)(C)C(=O)N1CCCC1)c(=O)n2CCc1cc(F)ccc1OCC1COC1. The third-order valence-corrected chi connectivity index (χ3v) is 9.49. The van der Waals surface area contributed by atoms with Crippen LogP contribution in [0.5, 0.6) is 5.75 Å². The Bertz CT molecular complexity index is 1750. The molecule has 6 rings (SSSR count). The van der Waals surface area contributed by atoms with Crippen LogP contribution in [0.4, 0.5) is 4.39 Å². The number of aromatic nitrogens is 4. The molecule has 3 aromatic heterocycles. The number of rotatable bonds is 9. The lowest BCUT2D eigenvalue weighted by molar-refractivity contribution is -0.138. The summed E-state index contributed by atoms with van der Waals surface area (Å²) in [6.45, 7) is 8.16. The number of carbonyl (C=O) groups excluding carboxylic acids is 1. The Hall–Kier alpha value is -3.77. The lowest BCUT2D eigenvalue weighted by Crippen LogP contribution is -2.56. The second-order valence-corrected chi connectivity index (χ2v) is 12.5. The number of halogens is 1.